The molecule has 174 valence electrons. The van der Waals surface area contributed by atoms with Gasteiger partial charge in [-0.3, -0.25) is 33.8 Å². The lowest BCUT2D eigenvalue weighted by Crippen LogP contribution is -2.19. The number of rotatable bonds is 8. The van der Waals surface area contributed by atoms with Crippen LogP contribution < -0.4 is 10.9 Å². The van der Waals surface area contributed by atoms with E-state index in [1.54, 1.807) is 43.2 Å². The van der Waals surface area contributed by atoms with Crippen LogP contribution in [0, 0.1) is 12.8 Å². The number of carbonyl (C=O) groups excluding carboxylic acids is 1. The van der Waals surface area contributed by atoms with Crippen LogP contribution in [-0.2, 0) is 20.6 Å². The van der Waals surface area contributed by atoms with E-state index in [0.717, 1.165) is 12.1 Å². The molecule has 0 aliphatic rings. The van der Waals surface area contributed by atoms with Gasteiger partial charge in [-0.25, -0.2) is 4.98 Å². The molecule has 0 saturated heterocycles. The molecule has 4 heterocycles. The third kappa shape index (κ3) is 4.44. The molecule has 0 bridgehead atoms. The number of pyridine rings is 1. The standard InChI is InChI=1S/C22H28N8O3/c1-13(6-5-7-31)12-30-20-18(11-24-28(20)3)26-22(30)27-19(32)15-8-14(2)25-17(9-15)16-10-23-29(4)21(16)33/h8-11,13,23,31H,5-7,12H2,1-4H3,(H,26,27,32)/t13-/m1/s1. The highest BCUT2D eigenvalue weighted by Crippen LogP contribution is 2.23. The molecule has 0 aliphatic heterocycles. The Morgan fingerprint density at radius 1 is 1.27 bits per heavy atom. The number of nitrogens with zero attached hydrogens (tertiary/aromatic N) is 6. The molecule has 11 heteroatoms. The number of anilines is 1. The summed E-state index contributed by atoms with van der Waals surface area (Å²) in [5, 5.41) is 19.2. The van der Waals surface area contributed by atoms with Crippen molar-refractivity contribution in [2.45, 2.75) is 33.2 Å². The van der Waals surface area contributed by atoms with Crippen LogP contribution in [-0.4, -0.2) is 51.7 Å². The third-order valence-electron chi connectivity index (χ3n) is 5.63. The number of aryl methyl sites for hydroxylation is 3. The predicted molar refractivity (Wildman–Crippen MR) is 124 cm³/mol. The zero-order chi connectivity index (χ0) is 23.7. The van der Waals surface area contributed by atoms with Crippen molar-refractivity contribution in [3.05, 3.63) is 46.1 Å². The van der Waals surface area contributed by atoms with Gasteiger partial charge in [0.25, 0.3) is 11.5 Å². The molecule has 0 aromatic carbocycles. The Balaban J connectivity index is 1.66. The number of aromatic amines is 1. The number of hydrogen-bond donors (Lipinski definition) is 3. The van der Waals surface area contributed by atoms with Gasteiger partial charge in [-0.1, -0.05) is 6.92 Å². The zero-order valence-corrected chi connectivity index (χ0v) is 19.2. The second-order valence-corrected chi connectivity index (χ2v) is 8.38. The Bertz CT molecular complexity index is 1360. The monoisotopic (exact) mass is 452 g/mol. The van der Waals surface area contributed by atoms with E-state index in [1.807, 2.05) is 11.6 Å². The van der Waals surface area contributed by atoms with E-state index in [4.69, 9.17) is 5.11 Å². The minimum Gasteiger partial charge on any atom is -0.396 e. The molecule has 1 atom stereocenters. The first-order chi connectivity index (χ1) is 15.8. The molecule has 4 aromatic rings. The van der Waals surface area contributed by atoms with Crippen molar-refractivity contribution in [1.29, 1.82) is 0 Å². The molecule has 0 spiro atoms. The molecular formula is C22H28N8O3. The van der Waals surface area contributed by atoms with Gasteiger partial charge in [-0.2, -0.15) is 5.10 Å². The largest absolute Gasteiger partial charge is 0.396 e. The smallest absolute Gasteiger partial charge is 0.275 e. The molecule has 4 rings (SSSR count). The number of H-pyrrole nitrogens is 1. The highest BCUT2D eigenvalue weighted by Gasteiger charge is 2.20. The number of imidazole rings is 1. The molecule has 33 heavy (non-hydrogen) atoms. The van der Waals surface area contributed by atoms with E-state index < -0.39 is 0 Å². The summed E-state index contributed by atoms with van der Waals surface area (Å²) in [6.07, 6.45) is 4.80. The normalized spacial score (nSPS) is 12.4. The molecule has 0 aliphatic carbocycles. The van der Waals surface area contributed by atoms with Crippen LogP contribution in [0.25, 0.3) is 22.4 Å². The van der Waals surface area contributed by atoms with E-state index in [2.05, 4.69) is 32.4 Å². The Morgan fingerprint density at radius 2 is 2.06 bits per heavy atom. The van der Waals surface area contributed by atoms with Gasteiger partial charge in [0.15, 0.2) is 5.65 Å². The van der Waals surface area contributed by atoms with E-state index in [-0.39, 0.29) is 24.0 Å². The Kier molecular flexibility index (Phi) is 6.14. The maximum absolute atomic E-state index is 13.2. The number of nitrogens with one attached hydrogen (secondary N) is 2. The summed E-state index contributed by atoms with van der Waals surface area (Å²) in [7, 11) is 3.45. The van der Waals surface area contributed by atoms with Gasteiger partial charge in [0.05, 0.1) is 17.5 Å². The van der Waals surface area contributed by atoms with Crippen LogP contribution >= 0.6 is 0 Å². The predicted octanol–water partition coefficient (Wildman–Crippen LogP) is 1.83. The Hall–Kier alpha value is -3.73. The number of fused-ring (bicyclic) bond motifs is 1. The first-order valence-corrected chi connectivity index (χ1v) is 10.8. The minimum absolute atomic E-state index is 0.146. The van der Waals surface area contributed by atoms with Gasteiger partial charge in [0.2, 0.25) is 5.95 Å². The summed E-state index contributed by atoms with van der Waals surface area (Å²) in [6, 6.07) is 3.28. The maximum Gasteiger partial charge on any atom is 0.275 e. The fraction of sp³-hybridized carbons (Fsp3) is 0.409. The fourth-order valence-corrected chi connectivity index (χ4v) is 3.95. The summed E-state index contributed by atoms with van der Waals surface area (Å²) in [5.41, 5.74) is 3.10. The topological polar surface area (TPSA) is 136 Å². The SMILES string of the molecule is Cc1cc(C(=O)Nc2nc3cnn(C)c3n2C[C@H](C)CCCO)cc(-c2c[nH]n(C)c2=O)n1. The average Bonchev–Trinajstić information content (AvgIpc) is 3.42. The second-order valence-electron chi connectivity index (χ2n) is 8.38. The van der Waals surface area contributed by atoms with Crippen LogP contribution in [0.1, 0.15) is 35.8 Å². The average molecular weight is 453 g/mol. The van der Waals surface area contributed by atoms with Crippen LogP contribution in [0.4, 0.5) is 5.95 Å². The van der Waals surface area contributed by atoms with Gasteiger partial charge in [0.1, 0.15) is 5.52 Å². The van der Waals surface area contributed by atoms with Crippen molar-refractivity contribution < 1.29 is 9.90 Å². The number of hydrogen-bond acceptors (Lipinski definition) is 6. The first-order valence-electron chi connectivity index (χ1n) is 10.8. The molecule has 0 fully saturated rings. The maximum atomic E-state index is 13.2. The molecule has 1 amide bonds. The van der Waals surface area contributed by atoms with Gasteiger partial charge >= 0.3 is 0 Å². The van der Waals surface area contributed by atoms with E-state index in [9.17, 15) is 9.59 Å². The van der Waals surface area contributed by atoms with Gasteiger partial charge < -0.3 is 10.2 Å². The van der Waals surface area contributed by atoms with Crippen LogP contribution in [0.2, 0.25) is 0 Å². The van der Waals surface area contributed by atoms with Crippen LogP contribution in [0.5, 0.6) is 0 Å². The lowest BCUT2D eigenvalue weighted by atomic mass is 10.1. The summed E-state index contributed by atoms with van der Waals surface area (Å²) < 4.78 is 5.03. The van der Waals surface area contributed by atoms with Crippen molar-refractivity contribution >= 4 is 23.0 Å². The van der Waals surface area contributed by atoms with Gasteiger partial charge in [-0.15, -0.1) is 0 Å². The third-order valence-corrected chi connectivity index (χ3v) is 5.63. The molecule has 4 aromatic heterocycles. The van der Waals surface area contributed by atoms with Crippen LogP contribution in [0.3, 0.4) is 0 Å². The fourth-order valence-electron chi connectivity index (χ4n) is 3.95. The second kappa shape index (κ2) is 9.02. The van der Waals surface area contributed by atoms with E-state index >= 15 is 0 Å². The molecule has 11 nitrogen and oxygen atoms in total. The number of aromatic nitrogens is 7. The van der Waals surface area contributed by atoms with Crippen molar-refractivity contribution in [1.82, 2.24) is 34.1 Å². The van der Waals surface area contributed by atoms with Crippen molar-refractivity contribution in [3.63, 3.8) is 0 Å². The number of aliphatic hydroxyl groups is 1. The van der Waals surface area contributed by atoms with Crippen molar-refractivity contribution in [2.24, 2.45) is 20.0 Å². The quantitative estimate of drug-likeness (QED) is 0.373. The van der Waals surface area contributed by atoms with Crippen molar-refractivity contribution in [3.8, 4) is 11.3 Å². The van der Waals surface area contributed by atoms with Gasteiger partial charge in [0, 0.05) is 44.7 Å². The molecule has 0 unspecified atom stereocenters. The van der Waals surface area contributed by atoms with Crippen LogP contribution in [0.15, 0.2) is 29.3 Å². The van der Waals surface area contributed by atoms with E-state index in [0.29, 0.717) is 46.9 Å². The van der Waals surface area contributed by atoms with Gasteiger partial charge in [-0.05, 0) is 37.8 Å². The number of aliphatic hydroxyl groups excluding tert-OH is 1. The number of amides is 1. The highest BCUT2D eigenvalue weighted by atomic mass is 16.3. The summed E-state index contributed by atoms with van der Waals surface area (Å²) in [4.78, 5) is 34.5. The zero-order valence-electron chi connectivity index (χ0n) is 19.2. The Labute approximate surface area is 190 Å². The molecule has 0 saturated carbocycles. The Morgan fingerprint density at radius 3 is 2.76 bits per heavy atom. The summed E-state index contributed by atoms with van der Waals surface area (Å²) in [5.74, 6) is 0.341. The summed E-state index contributed by atoms with van der Waals surface area (Å²) >= 11 is 0. The molecule has 0 radical (unpaired) electrons. The molecule has 3 N–H and O–H groups in total. The number of carbonyl (C=O) groups is 1. The minimum atomic E-state index is -0.346. The van der Waals surface area contributed by atoms with Crippen molar-refractivity contribution in [2.75, 3.05) is 11.9 Å². The van der Waals surface area contributed by atoms with E-state index in [1.165, 1.54) is 4.68 Å². The highest BCUT2D eigenvalue weighted by molar-refractivity contribution is 6.04. The molecular weight excluding hydrogens is 424 g/mol. The lowest BCUT2D eigenvalue weighted by Gasteiger charge is -2.15. The lowest BCUT2D eigenvalue weighted by molar-refractivity contribution is 0.102. The first kappa shape index (κ1) is 22.5. The summed E-state index contributed by atoms with van der Waals surface area (Å²) in [6.45, 7) is 4.64.